The van der Waals surface area contributed by atoms with E-state index >= 15 is 0 Å². The highest BCUT2D eigenvalue weighted by Gasteiger charge is 2.25. The second kappa shape index (κ2) is 12.1. The molecule has 44 heavy (non-hydrogen) atoms. The van der Waals surface area contributed by atoms with Crippen LogP contribution in [0.25, 0.3) is 27.7 Å². The fourth-order valence-electron chi connectivity index (χ4n) is 5.42. The Bertz CT molecular complexity index is 2020. The van der Waals surface area contributed by atoms with Gasteiger partial charge in [-0.3, -0.25) is 9.78 Å². The van der Waals surface area contributed by atoms with E-state index in [2.05, 4.69) is 11.6 Å². The van der Waals surface area contributed by atoms with Gasteiger partial charge >= 0.3 is 0 Å². The van der Waals surface area contributed by atoms with Crippen molar-refractivity contribution in [1.29, 1.82) is 0 Å². The number of pyridine rings is 1. The number of rotatable bonds is 10. The molecule has 5 rings (SSSR count). The zero-order chi connectivity index (χ0) is 31.8. The summed E-state index contributed by atoms with van der Waals surface area (Å²) in [5, 5.41) is 0.270. The van der Waals surface area contributed by atoms with Crippen molar-refractivity contribution in [3.8, 4) is 11.1 Å². The average molecular weight is 622 g/mol. The summed E-state index contributed by atoms with van der Waals surface area (Å²) in [5.41, 5.74) is 8.18. The normalized spacial score (nSPS) is 12.4. The number of nitrogens with two attached hydrogens (primary N) is 1. The molecule has 0 saturated carbocycles. The number of ketones is 1. The topological polar surface area (TPSA) is 95.0 Å². The third-order valence-corrected chi connectivity index (χ3v) is 8.30. The van der Waals surface area contributed by atoms with Gasteiger partial charge in [0.1, 0.15) is 29.1 Å². The van der Waals surface area contributed by atoms with E-state index in [4.69, 9.17) is 5.73 Å². The summed E-state index contributed by atoms with van der Waals surface area (Å²) in [6.45, 7) is 3.62. The molecule has 2 aromatic heterocycles. The molecule has 0 radical (unpaired) electrons. The number of Topliss-reactive ketones (excluding diaryl/α,β-unsaturated/α-hetero) is 1. The number of hydrogen-bond acceptors (Lipinski definition) is 5. The zero-order valence-electron chi connectivity index (χ0n) is 23.5. The maximum atomic E-state index is 14.4. The number of aromatic nitrogens is 2. The Labute approximate surface area is 251 Å². The van der Waals surface area contributed by atoms with Crippen molar-refractivity contribution in [3.63, 3.8) is 0 Å². The molecule has 0 bridgehead atoms. The molecule has 11 heteroatoms. The number of fused-ring (bicyclic) bond motifs is 1. The molecule has 2 N–H and O–H groups in total. The van der Waals surface area contributed by atoms with Crippen LogP contribution in [0.3, 0.4) is 0 Å². The first kappa shape index (κ1) is 30.7. The molecule has 0 fully saturated rings. The number of hydrogen-bond donors (Lipinski definition) is 1. The molecule has 0 saturated heterocycles. The standard InChI is InChI=1S/C33H27F4N3O3S/c1-19(38)29-15-21(5-7-31(29)37)28-4-3-9-39-33(28)22(10-20-11-25(35)16-26(36)12-20)13-27(41)14-23-18-40(44(2,42)43)32-8-6-24(34)17-30(23)32/h3-9,11-12,15-18,22H,1,10,13-14,38H2,2H3/t22-/m1/s1. The van der Waals surface area contributed by atoms with E-state index in [1.807, 2.05) is 0 Å². The lowest BCUT2D eigenvalue weighted by Crippen LogP contribution is -2.15. The number of carbonyl (C=O) groups excluding carboxylic acids is 1. The maximum absolute atomic E-state index is 14.4. The first-order chi connectivity index (χ1) is 20.8. The molecule has 5 aromatic rings. The van der Waals surface area contributed by atoms with Gasteiger partial charge in [-0.25, -0.2) is 30.0 Å². The number of carbonyl (C=O) groups is 1. The van der Waals surface area contributed by atoms with E-state index in [0.717, 1.165) is 22.4 Å². The second-order valence-corrected chi connectivity index (χ2v) is 12.5. The highest BCUT2D eigenvalue weighted by molar-refractivity contribution is 7.89. The molecule has 0 amide bonds. The van der Waals surface area contributed by atoms with E-state index in [1.54, 1.807) is 12.1 Å². The fraction of sp³-hybridized carbons (Fsp3) is 0.152. The van der Waals surface area contributed by atoms with Gasteiger partial charge in [0.15, 0.2) is 0 Å². The van der Waals surface area contributed by atoms with Gasteiger partial charge < -0.3 is 5.73 Å². The largest absolute Gasteiger partial charge is 0.399 e. The van der Waals surface area contributed by atoms with Gasteiger partial charge in [0.25, 0.3) is 0 Å². The van der Waals surface area contributed by atoms with Crippen molar-refractivity contribution < 1.29 is 30.8 Å². The molecular weight excluding hydrogens is 594 g/mol. The monoisotopic (exact) mass is 621 g/mol. The summed E-state index contributed by atoms with van der Waals surface area (Å²) >= 11 is 0. The lowest BCUT2D eigenvalue weighted by molar-refractivity contribution is -0.118. The van der Waals surface area contributed by atoms with Crippen LogP contribution in [0.1, 0.15) is 34.7 Å². The first-order valence-electron chi connectivity index (χ1n) is 13.5. The number of halogens is 4. The molecule has 0 aliphatic rings. The lowest BCUT2D eigenvalue weighted by atomic mass is 9.85. The summed E-state index contributed by atoms with van der Waals surface area (Å²) in [5.74, 6) is -3.80. The Hall–Kier alpha value is -4.77. The van der Waals surface area contributed by atoms with E-state index in [-0.39, 0.29) is 52.8 Å². The third kappa shape index (κ3) is 6.57. The third-order valence-electron chi connectivity index (χ3n) is 7.29. The van der Waals surface area contributed by atoms with Gasteiger partial charge in [-0.05, 0) is 71.6 Å². The second-order valence-electron chi connectivity index (χ2n) is 10.6. The minimum Gasteiger partial charge on any atom is -0.399 e. The summed E-state index contributed by atoms with van der Waals surface area (Å²) in [6, 6.07) is 14.4. The molecule has 2 heterocycles. The first-order valence-corrected chi connectivity index (χ1v) is 15.3. The molecule has 226 valence electrons. The van der Waals surface area contributed by atoms with Gasteiger partial charge in [-0.15, -0.1) is 0 Å². The van der Waals surface area contributed by atoms with Crippen molar-refractivity contribution in [3.05, 3.63) is 131 Å². The Balaban J connectivity index is 1.56. The summed E-state index contributed by atoms with van der Waals surface area (Å²) in [6.07, 6.45) is 3.41. The van der Waals surface area contributed by atoms with Crippen LogP contribution in [0.15, 0.2) is 85.7 Å². The minimum atomic E-state index is -3.76. The number of nitrogens with zero attached hydrogens (tertiary/aromatic N) is 2. The minimum absolute atomic E-state index is 0.0152. The summed E-state index contributed by atoms with van der Waals surface area (Å²) in [7, 11) is -3.76. The molecule has 0 aliphatic heterocycles. The van der Waals surface area contributed by atoms with E-state index in [0.29, 0.717) is 22.4 Å². The van der Waals surface area contributed by atoms with Crippen LogP contribution in [-0.4, -0.2) is 29.4 Å². The zero-order valence-corrected chi connectivity index (χ0v) is 24.3. The maximum Gasteiger partial charge on any atom is 0.236 e. The molecule has 0 aliphatic carbocycles. The smallest absolute Gasteiger partial charge is 0.236 e. The van der Waals surface area contributed by atoms with E-state index in [9.17, 15) is 30.8 Å². The SMILES string of the molecule is C=C(N)c1cc(-c2cccnc2[C@@H](CC(=O)Cc2cn(S(C)(=O)=O)c3ccc(F)cc23)Cc2cc(F)cc(F)c2)ccc1F. The Kier molecular flexibility index (Phi) is 8.42. The van der Waals surface area contributed by atoms with E-state index < -0.39 is 39.2 Å². The molecular formula is C33H27F4N3O3S. The van der Waals surface area contributed by atoms with Crippen LogP contribution < -0.4 is 5.73 Å². The van der Waals surface area contributed by atoms with Crippen molar-refractivity contribution in [2.24, 2.45) is 5.73 Å². The van der Waals surface area contributed by atoms with Crippen LogP contribution in [-0.2, 0) is 27.7 Å². The van der Waals surface area contributed by atoms with Gasteiger partial charge in [0.2, 0.25) is 10.0 Å². The van der Waals surface area contributed by atoms with Crippen LogP contribution in [0.2, 0.25) is 0 Å². The molecule has 0 unspecified atom stereocenters. The van der Waals surface area contributed by atoms with Crippen LogP contribution in [0.5, 0.6) is 0 Å². The molecule has 1 atom stereocenters. The van der Waals surface area contributed by atoms with Gasteiger partial charge in [-0.1, -0.05) is 18.7 Å². The Morgan fingerprint density at radius 1 is 0.977 bits per heavy atom. The van der Waals surface area contributed by atoms with Crippen molar-refractivity contribution >= 4 is 32.4 Å². The Morgan fingerprint density at radius 2 is 1.70 bits per heavy atom. The fourth-order valence-corrected chi connectivity index (χ4v) is 6.25. The van der Waals surface area contributed by atoms with Crippen LogP contribution >= 0.6 is 0 Å². The predicted octanol–water partition coefficient (Wildman–Crippen LogP) is 6.53. The van der Waals surface area contributed by atoms with Gasteiger partial charge in [0, 0.05) is 59.4 Å². The van der Waals surface area contributed by atoms with Crippen molar-refractivity contribution in [2.45, 2.75) is 25.2 Å². The van der Waals surface area contributed by atoms with Gasteiger partial charge in [0.05, 0.1) is 17.5 Å². The molecule has 6 nitrogen and oxygen atoms in total. The quantitative estimate of drug-likeness (QED) is 0.179. The molecule has 0 spiro atoms. The van der Waals surface area contributed by atoms with Gasteiger partial charge in [-0.2, -0.15) is 0 Å². The highest BCUT2D eigenvalue weighted by atomic mass is 32.2. The Morgan fingerprint density at radius 3 is 2.39 bits per heavy atom. The highest BCUT2D eigenvalue weighted by Crippen LogP contribution is 2.35. The van der Waals surface area contributed by atoms with E-state index in [1.165, 1.54) is 54.9 Å². The average Bonchev–Trinajstić information content (AvgIpc) is 3.30. The van der Waals surface area contributed by atoms with Crippen molar-refractivity contribution in [1.82, 2.24) is 8.96 Å². The summed E-state index contributed by atoms with van der Waals surface area (Å²) < 4.78 is 82.6. The van der Waals surface area contributed by atoms with Crippen LogP contribution in [0, 0.1) is 23.3 Å². The van der Waals surface area contributed by atoms with Crippen molar-refractivity contribution in [2.75, 3.05) is 6.26 Å². The lowest BCUT2D eigenvalue weighted by Gasteiger charge is -2.20. The molecule has 3 aromatic carbocycles. The number of benzene rings is 3. The predicted molar refractivity (Wildman–Crippen MR) is 161 cm³/mol. The van der Waals surface area contributed by atoms with Crippen LogP contribution in [0.4, 0.5) is 17.6 Å². The summed E-state index contributed by atoms with van der Waals surface area (Å²) in [4.78, 5) is 18.2.